The van der Waals surface area contributed by atoms with Gasteiger partial charge < -0.3 is 20.2 Å². The third-order valence-electron chi connectivity index (χ3n) is 0. The van der Waals surface area contributed by atoms with Gasteiger partial charge >= 0.3 is 27.6 Å². The second-order valence-corrected chi connectivity index (χ2v) is 1.54. The molecule has 5 N–H and O–H groups in total. The van der Waals surface area contributed by atoms with E-state index in [1.807, 2.05) is 15.9 Å². The summed E-state index contributed by atoms with van der Waals surface area (Å²) in [6, 6.07) is 0. The van der Waals surface area contributed by atoms with E-state index in [0.29, 0.717) is 0 Å². The second-order valence-electron chi connectivity index (χ2n) is 0.513. The standard InChI is InChI=1S/Fe.H3O4P.H2O.O/c;1-5(2,3)4;;/h;(H3,1,2,3,4);1H2;. The number of rotatable bonds is 0. The molecule has 54 valence electrons. The van der Waals surface area contributed by atoms with Crippen molar-refractivity contribution in [1.29, 1.82) is 0 Å². The molecule has 0 aliphatic rings. The molecule has 0 aliphatic carbocycles. The van der Waals surface area contributed by atoms with Gasteiger partial charge in [0.05, 0.1) is 0 Å². The molecule has 0 atom stereocenters. The Morgan fingerprint density at radius 3 is 1.12 bits per heavy atom. The second kappa shape index (κ2) is 7.39. The molecule has 0 saturated heterocycles. The Morgan fingerprint density at radius 2 is 1.12 bits per heavy atom. The molecule has 0 spiro atoms. The van der Waals surface area contributed by atoms with Crippen LogP contribution in [0.3, 0.4) is 0 Å². The van der Waals surface area contributed by atoms with Gasteiger partial charge in [-0.3, -0.25) is 0 Å². The fourth-order valence-corrected chi connectivity index (χ4v) is 0. The molecule has 0 saturated carbocycles. The summed E-state index contributed by atoms with van der Waals surface area (Å²) in [5.41, 5.74) is 0. The van der Waals surface area contributed by atoms with Gasteiger partial charge in [0, 0.05) is 0 Å². The zero-order valence-electron chi connectivity index (χ0n) is 3.46. The van der Waals surface area contributed by atoms with Crippen LogP contribution in [0, 0.1) is 0 Å². The third-order valence-corrected chi connectivity index (χ3v) is 0. The Morgan fingerprint density at radius 1 is 1.12 bits per heavy atom. The van der Waals surface area contributed by atoms with E-state index in [0.717, 1.165) is 0 Å². The van der Waals surface area contributed by atoms with Crippen LogP contribution in [0.2, 0.25) is 0 Å². The van der Waals surface area contributed by atoms with Gasteiger partial charge in [0.2, 0.25) is 0 Å². The molecule has 0 amide bonds. The zero-order valence-corrected chi connectivity index (χ0v) is 5.46. The number of hydrogen-bond acceptors (Lipinski definition) is 2. The number of phosphoric acid groups is 1. The average molecular weight is 188 g/mol. The summed E-state index contributed by atoms with van der Waals surface area (Å²) in [6.07, 6.45) is 0. The molecule has 0 unspecified atom stereocenters. The van der Waals surface area contributed by atoms with Crippen molar-refractivity contribution in [3.05, 3.63) is 0 Å². The van der Waals surface area contributed by atoms with Gasteiger partial charge in [-0.25, -0.2) is 4.57 Å². The van der Waals surface area contributed by atoms with Crippen LogP contribution >= 0.6 is 7.82 Å². The van der Waals surface area contributed by atoms with Gasteiger partial charge in [-0.2, -0.15) is 0 Å². The first-order valence-corrected chi connectivity index (χ1v) is 2.94. The quantitative estimate of drug-likeness (QED) is 0.303. The van der Waals surface area contributed by atoms with Gasteiger partial charge in [-0.1, -0.05) is 0 Å². The van der Waals surface area contributed by atoms with Crippen LogP contribution in [0.4, 0.5) is 0 Å². The fourth-order valence-electron chi connectivity index (χ4n) is 0. The predicted octanol–water partition coefficient (Wildman–Crippen LogP) is -1.87. The average Bonchev–Trinajstić information content (AvgIpc) is 1.36. The van der Waals surface area contributed by atoms with Crippen LogP contribution in [-0.2, 0) is 24.3 Å². The zero-order chi connectivity index (χ0) is 6.50. The fraction of sp³-hybridized carbons (Fsp3) is 0. The van der Waals surface area contributed by atoms with Crippen molar-refractivity contribution in [2.75, 3.05) is 0 Å². The molecule has 0 rings (SSSR count). The summed E-state index contributed by atoms with van der Waals surface area (Å²) < 4.78 is 16.9. The van der Waals surface area contributed by atoms with Gasteiger partial charge in [-0.15, -0.1) is 0 Å². The topological polar surface area (TPSA) is 126 Å². The number of hydrogen-bond donors (Lipinski definition) is 3. The summed E-state index contributed by atoms with van der Waals surface area (Å²) in [6.45, 7) is 0. The first kappa shape index (κ1) is 15.8. The molecule has 0 aliphatic heterocycles. The molecule has 0 fully saturated rings. The molecular formula is H5FeO6P. The molecule has 0 aromatic carbocycles. The van der Waals surface area contributed by atoms with E-state index in [4.69, 9.17) is 23.1 Å². The first-order valence-electron chi connectivity index (χ1n) is 0.927. The van der Waals surface area contributed by atoms with Gasteiger partial charge in [0.25, 0.3) is 0 Å². The molecule has 8 heavy (non-hydrogen) atoms. The molecule has 0 aromatic rings. The van der Waals surface area contributed by atoms with Crippen LogP contribution < -0.4 is 0 Å². The molecule has 6 nitrogen and oxygen atoms in total. The molecule has 8 heteroatoms. The van der Waals surface area contributed by atoms with E-state index in [-0.39, 0.29) is 5.48 Å². The van der Waals surface area contributed by atoms with Gasteiger partial charge in [0.1, 0.15) is 0 Å². The van der Waals surface area contributed by atoms with Crippen LogP contribution in [0.15, 0.2) is 0 Å². The van der Waals surface area contributed by atoms with Crippen molar-refractivity contribution in [3.8, 4) is 0 Å². The Hall–Kier alpha value is 0.389. The minimum atomic E-state index is -4.64. The summed E-state index contributed by atoms with van der Waals surface area (Å²) in [7, 11) is -4.64. The Bertz CT molecular complexity index is 64.3. The normalized spacial score (nSPS) is 8.00. The van der Waals surface area contributed by atoms with E-state index >= 15 is 0 Å². The molecule has 0 heterocycles. The van der Waals surface area contributed by atoms with Crippen molar-refractivity contribution in [3.63, 3.8) is 0 Å². The Labute approximate surface area is 53.1 Å². The summed E-state index contributed by atoms with van der Waals surface area (Å²) >= 11 is 2.00. The van der Waals surface area contributed by atoms with Crippen LogP contribution in [0.5, 0.6) is 0 Å². The summed E-state index contributed by atoms with van der Waals surface area (Å²) in [5, 5.41) is 0. The van der Waals surface area contributed by atoms with Crippen molar-refractivity contribution in [2.24, 2.45) is 0 Å². The monoisotopic (exact) mass is 188 g/mol. The van der Waals surface area contributed by atoms with Crippen molar-refractivity contribution < 1.29 is 44.5 Å². The van der Waals surface area contributed by atoms with Crippen molar-refractivity contribution in [2.45, 2.75) is 0 Å². The third kappa shape index (κ3) is 1220. The molecule has 0 bridgehead atoms. The Balaban J connectivity index is -0.0000000750. The summed E-state index contributed by atoms with van der Waals surface area (Å²) in [5.74, 6) is 0. The van der Waals surface area contributed by atoms with Crippen LogP contribution in [-0.4, -0.2) is 20.2 Å². The van der Waals surface area contributed by atoms with Crippen molar-refractivity contribution >= 4 is 7.82 Å². The van der Waals surface area contributed by atoms with Crippen LogP contribution in [0.25, 0.3) is 0 Å². The molecule has 0 radical (unpaired) electrons. The summed E-state index contributed by atoms with van der Waals surface area (Å²) in [4.78, 5) is 21.6. The van der Waals surface area contributed by atoms with Gasteiger partial charge in [-0.05, 0) is 0 Å². The van der Waals surface area contributed by atoms with E-state index in [2.05, 4.69) is 0 Å². The van der Waals surface area contributed by atoms with E-state index in [1.54, 1.807) is 0 Å². The minimum absolute atomic E-state index is 0. The first-order chi connectivity index (χ1) is 3.00. The van der Waals surface area contributed by atoms with Crippen molar-refractivity contribution in [1.82, 2.24) is 0 Å². The van der Waals surface area contributed by atoms with Gasteiger partial charge in [0.15, 0.2) is 0 Å². The SMILES string of the molecule is O.O=P(O)(O)O.[O]=[Fe]. The molecule has 0 aromatic heterocycles. The molecular weight excluding hydrogens is 183 g/mol. The van der Waals surface area contributed by atoms with Crippen LogP contribution in [0.1, 0.15) is 0 Å². The predicted molar refractivity (Wildman–Crippen MR) is 18.6 cm³/mol. The van der Waals surface area contributed by atoms with E-state index < -0.39 is 7.82 Å². The maximum absolute atomic E-state index is 8.88. The van der Waals surface area contributed by atoms with E-state index in [1.165, 1.54) is 0 Å². The maximum atomic E-state index is 8.88. The van der Waals surface area contributed by atoms with E-state index in [9.17, 15) is 0 Å². The Kier molecular flexibility index (Phi) is 14.6.